The van der Waals surface area contributed by atoms with Crippen LogP contribution in [0.4, 0.5) is 11.4 Å². The van der Waals surface area contributed by atoms with E-state index < -0.39 is 12.0 Å². The van der Waals surface area contributed by atoms with Crippen LogP contribution in [0.5, 0.6) is 0 Å². The van der Waals surface area contributed by atoms with Crippen LogP contribution in [0.2, 0.25) is 10.0 Å². The third kappa shape index (κ3) is 4.98. The second kappa shape index (κ2) is 9.37. The molecule has 2 heterocycles. The Morgan fingerprint density at radius 1 is 0.903 bits per heavy atom. The first-order valence-corrected chi connectivity index (χ1v) is 10.6. The summed E-state index contributed by atoms with van der Waals surface area (Å²) in [5.74, 6) is -0.900. The highest BCUT2D eigenvalue weighted by molar-refractivity contribution is 6.31. The van der Waals surface area contributed by atoms with Crippen molar-refractivity contribution in [3.63, 3.8) is 0 Å². The van der Waals surface area contributed by atoms with Gasteiger partial charge in [-0.05, 0) is 61.4 Å². The molecular formula is C23H20Cl2N4O2. The van der Waals surface area contributed by atoms with E-state index in [1.807, 2.05) is 30.3 Å². The smallest absolute Gasteiger partial charge is 0.326 e. The molecule has 0 aliphatic rings. The van der Waals surface area contributed by atoms with Gasteiger partial charge in [-0.1, -0.05) is 23.2 Å². The summed E-state index contributed by atoms with van der Waals surface area (Å²) in [5.41, 5.74) is 3.19. The normalized spacial score (nSPS) is 12.1. The first-order valence-electron chi connectivity index (χ1n) is 9.83. The van der Waals surface area contributed by atoms with Gasteiger partial charge < -0.3 is 15.7 Å². The third-order valence-corrected chi connectivity index (χ3v) is 5.49. The average molecular weight is 455 g/mol. The quantitative estimate of drug-likeness (QED) is 0.289. The molecule has 2 aromatic carbocycles. The Balaban J connectivity index is 1.41. The number of nitrogens with zero attached hydrogens (tertiary/aromatic N) is 2. The zero-order valence-corrected chi connectivity index (χ0v) is 18.0. The molecule has 158 valence electrons. The largest absolute Gasteiger partial charge is 0.480 e. The lowest BCUT2D eigenvalue weighted by Gasteiger charge is -2.17. The van der Waals surface area contributed by atoms with Crippen LogP contribution in [0.25, 0.3) is 21.8 Å². The summed E-state index contributed by atoms with van der Waals surface area (Å²) in [4.78, 5) is 20.5. The van der Waals surface area contributed by atoms with E-state index in [-0.39, 0.29) is 0 Å². The molecule has 2 aromatic heterocycles. The van der Waals surface area contributed by atoms with Crippen molar-refractivity contribution in [2.75, 3.05) is 17.2 Å². The summed E-state index contributed by atoms with van der Waals surface area (Å²) >= 11 is 12.1. The molecule has 0 saturated carbocycles. The van der Waals surface area contributed by atoms with Gasteiger partial charge in [0.1, 0.15) is 6.04 Å². The highest BCUT2D eigenvalue weighted by Crippen LogP contribution is 2.26. The van der Waals surface area contributed by atoms with Gasteiger partial charge in [0.2, 0.25) is 0 Å². The van der Waals surface area contributed by atoms with E-state index in [9.17, 15) is 9.90 Å². The van der Waals surface area contributed by atoms with Crippen molar-refractivity contribution in [2.45, 2.75) is 18.9 Å². The summed E-state index contributed by atoms with van der Waals surface area (Å²) < 4.78 is 0. The van der Waals surface area contributed by atoms with Gasteiger partial charge in [0.05, 0.1) is 11.0 Å². The second-order valence-electron chi connectivity index (χ2n) is 7.14. The lowest BCUT2D eigenvalue weighted by Crippen LogP contribution is -2.29. The molecule has 0 spiro atoms. The molecule has 0 amide bonds. The van der Waals surface area contributed by atoms with Crippen LogP contribution in [-0.2, 0) is 4.79 Å². The predicted molar refractivity (Wildman–Crippen MR) is 126 cm³/mol. The van der Waals surface area contributed by atoms with E-state index in [1.165, 1.54) is 0 Å². The Morgan fingerprint density at radius 2 is 1.48 bits per heavy atom. The molecule has 3 N–H and O–H groups in total. The van der Waals surface area contributed by atoms with Gasteiger partial charge in [-0.25, -0.2) is 4.79 Å². The number of carboxylic acids is 1. The van der Waals surface area contributed by atoms with E-state index in [0.29, 0.717) is 34.9 Å². The standard InChI is InChI=1S/C23H20Cl2N4O2/c24-14-3-5-16-18(7-10-27-21(16)12-14)26-9-1-2-20(23(30)31)29-19-8-11-28-22-13-15(25)4-6-17(19)22/h3-8,10-13,20H,1-2,9H2,(H,26,27)(H,28,29)(H,30,31). The molecule has 4 aromatic rings. The Bertz CT molecular complexity index is 1250. The first kappa shape index (κ1) is 21.2. The van der Waals surface area contributed by atoms with Crippen molar-refractivity contribution in [1.82, 2.24) is 9.97 Å². The molecule has 6 nitrogen and oxygen atoms in total. The molecule has 1 atom stereocenters. The van der Waals surface area contributed by atoms with Crippen molar-refractivity contribution in [1.29, 1.82) is 0 Å². The molecule has 1 unspecified atom stereocenters. The van der Waals surface area contributed by atoms with Gasteiger partial charge in [-0.2, -0.15) is 0 Å². The summed E-state index contributed by atoms with van der Waals surface area (Å²) in [6.07, 6.45) is 4.48. The molecule has 0 fully saturated rings. The number of aromatic nitrogens is 2. The predicted octanol–water partition coefficient (Wildman–Crippen LogP) is 5.85. The van der Waals surface area contributed by atoms with Gasteiger partial charge in [0.15, 0.2) is 0 Å². The van der Waals surface area contributed by atoms with Crippen LogP contribution < -0.4 is 10.6 Å². The molecule has 0 radical (unpaired) electrons. The number of benzene rings is 2. The van der Waals surface area contributed by atoms with Gasteiger partial charge in [0.25, 0.3) is 0 Å². The van der Waals surface area contributed by atoms with E-state index in [0.717, 1.165) is 27.7 Å². The van der Waals surface area contributed by atoms with Crippen LogP contribution in [-0.4, -0.2) is 33.6 Å². The van der Waals surface area contributed by atoms with Crippen molar-refractivity contribution >= 4 is 62.4 Å². The minimum Gasteiger partial charge on any atom is -0.480 e. The summed E-state index contributed by atoms with van der Waals surface area (Å²) in [7, 11) is 0. The number of rotatable bonds is 8. The molecule has 0 aliphatic heterocycles. The van der Waals surface area contributed by atoms with E-state index in [4.69, 9.17) is 23.2 Å². The summed E-state index contributed by atoms with van der Waals surface area (Å²) in [6.45, 7) is 0.625. The van der Waals surface area contributed by atoms with Gasteiger partial charge in [-0.3, -0.25) is 9.97 Å². The number of hydrogen-bond donors (Lipinski definition) is 3. The second-order valence-corrected chi connectivity index (χ2v) is 8.02. The molecule has 0 saturated heterocycles. The number of nitrogens with one attached hydrogen (secondary N) is 2. The van der Waals surface area contributed by atoms with Crippen LogP contribution in [0.3, 0.4) is 0 Å². The lowest BCUT2D eigenvalue weighted by molar-refractivity contribution is -0.138. The fraction of sp³-hybridized carbons (Fsp3) is 0.174. The highest BCUT2D eigenvalue weighted by atomic mass is 35.5. The zero-order valence-electron chi connectivity index (χ0n) is 16.5. The minimum absolute atomic E-state index is 0.453. The molecule has 31 heavy (non-hydrogen) atoms. The van der Waals surface area contributed by atoms with Crippen molar-refractivity contribution < 1.29 is 9.90 Å². The number of carboxylic acid groups (broad SMARTS) is 1. The highest BCUT2D eigenvalue weighted by Gasteiger charge is 2.18. The zero-order chi connectivity index (χ0) is 21.8. The summed E-state index contributed by atoms with van der Waals surface area (Å²) in [5, 5.41) is 19.2. The van der Waals surface area contributed by atoms with Gasteiger partial charge in [-0.15, -0.1) is 0 Å². The van der Waals surface area contributed by atoms with Gasteiger partial charge in [0, 0.05) is 51.1 Å². The van der Waals surface area contributed by atoms with Crippen LogP contribution in [0.1, 0.15) is 12.8 Å². The average Bonchev–Trinajstić information content (AvgIpc) is 2.75. The van der Waals surface area contributed by atoms with E-state index in [2.05, 4.69) is 20.6 Å². The maximum absolute atomic E-state index is 11.8. The topological polar surface area (TPSA) is 87.1 Å². The maximum atomic E-state index is 11.8. The Hall–Kier alpha value is -3.09. The fourth-order valence-electron chi connectivity index (χ4n) is 3.50. The monoisotopic (exact) mass is 454 g/mol. The molecule has 4 rings (SSSR count). The van der Waals surface area contributed by atoms with Gasteiger partial charge >= 0.3 is 5.97 Å². The Labute approximate surface area is 189 Å². The van der Waals surface area contributed by atoms with Crippen molar-refractivity contribution in [2.24, 2.45) is 0 Å². The minimum atomic E-state index is -0.900. The van der Waals surface area contributed by atoms with Crippen molar-refractivity contribution in [3.05, 3.63) is 71.0 Å². The number of hydrogen-bond acceptors (Lipinski definition) is 5. The summed E-state index contributed by atoms with van der Waals surface area (Å²) in [6, 6.07) is 13.9. The molecule has 0 bridgehead atoms. The maximum Gasteiger partial charge on any atom is 0.326 e. The lowest BCUT2D eigenvalue weighted by atomic mass is 10.1. The number of pyridine rings is 2. The number of carbonyl (C=O) groups is 1. The number of aliphatic carboxylic acids is 1. The number of fused-ring (bicyclic) bond motifs is 2. The Kier molecular flexibility index (Phi) is 6.39. The molecule has 0 aliphatic carbocycles. The van der Waals surface area contributed by atoms with Crippen LogP contribution >= 0.6 is 23.2 Å². The first-order chi connectivity index (χ1) is 15.0. The Morgan fingerprint density at radius 3 is 2.10 bits per heavy atom. The SMILES string of the molecule is O=C(O)C(CCCNc1ccnc2cc(Cl)ccc12)Nc1ccnc2cc(Cl)ccc12. The number of anilines is 2. The van der Waals surface area contributed by atoms with Crippen molar-refractivity contribution in [3.8, 4) is 0 Å². The third-order valence-electron chi connectivity index (χ3n) is 5.02. The van der Waals surface area contributed by atoms with Crippen LogP contribution in [0.15, 0.2) is 60.9 Å². The van der Waals surface area contributed by atoms with Crippen LogP contribution in [0, 0.1) is 0 Å². The van der Waals surface area contributed by atoms with E-state index in [1.54, 1.807) is 30.6 Å². The molecule has 8 heteroatoms. The fourth-order valence-corrected chi connectivity index (χ4v) is 3.83. The molecular weight excluding hydrogens is 435 g/mol. The number of halogens is 2. The van der Waals surface area contributed by atoms with E-state index >= 15 is 0 Å².